The van der Waals surface area contributed by atoms with Crippen molar-refractivity contribution in [2.75, 3.05) is 0 Å². The van der Waals surface area contributed by atoms with Crippen LogP contribution in [0.4, 0.5) is 0 Å². The molecule has 0 heterocycles. The molecular formula is H6AlMgOP. The van der Waals surface area contributed by atoms with Gasteiger partial charge in [0.2, 0.25) is 0 Å². The quantitative estimate of drug-likeness (QED) is 0.266. The highest BCUT2D eigenvalue weighted by Gasteiger charge is 0.667. The standard InChI is InChI=1S/Al.Mg.HOP.5H/c;;1-2;;;;;/h;;2H;;;;;. The van der Waals surface area contributed by atoms with Gasteiger partial charge < -0.3 is 0 Å². The first-order valence-corrected chi connectivity index (χ1v) is 0.612. The van der Waals surface area contributed by atoms with Crippen LogP contribution in [0.25, 0.3) is 0 Å². The Morgan fingerprint density at radius 3 is 1.25 bits per heavy atom. The third-order valence-electron chi connectivity index (χ3n) is 0. The van der Waals surface area contributed by atoms with Crippen molar-refractivity contribution >= 4 is 49.5 Å². The van der Waals surface area contributed by atoms with Crippen molar-refractivity contribution in [3.8, 4) is 0 Å². The van der Waals surface area contributed by atoms with E-state index in [1.165, 1.54) is 0 Å². The van der Waals surface area contributed by atoms with Crippen molar-refractivity contribution in [1.29, 1.82) is 0 Å². The van der Waals surface area contributed by atoms with Crippen LogP contribution in [-0.2, 0) is 4.57 Å². The lowest BCUT2D eigenvalue weighted by Crippen LogP contribution is -0.489. The molecule has 0 rings (SSSR count). The van der Waals surface area contributed by atoms with E-state index in [0.29, 0.717) is 0 Å². The number of rotatable bonds is 0. The van der Waals surface area contributed by atoms with Crippen molar-refractivity contribution < 1.29 is 4.57 Å². The molecule has 4 heavy (non-hydrogen) atoms. The zero-order valence-corrected chi connectivity index (χ0v) is 1.91. The van der Waals surface area contributed by atoms with E-state index in [9.17, 15) is 0 Å². The predicted octanol–water partition coefficient (Wildman–Crippen LogP) is -1.63. The summed E-state index contributed by atoms with van der Waals surface area (Å²) in [5.74, 6) is 0. The Kier molecular flexibility index (Phi) is 118. The van der Waals surface area contributed by atoms with Gasteiger partial charge in [0.25, 0.3) is 0 Å². The van der Waals surface area contributed by atoms with Crippen LogP contribution in [0.15, 0.2) is 0 Å². The van der Waals surface area contributed by atoms with Crippen LogP contribution in [0.3, 0.4) is 0 Å². The lowest BCUT2D eigenvalue weighted by Gasteiger charge is -0.807. The summed E-state index contributed by atoms with van der Waals surface area (Å²) in [5.41, 5.74) is 0. The minimum atomic E-state index is 0. The normalized spacial score (nSPS) is 1.00. The molecule has 0 unspecified atom stereocenters. The van der Waals surface area contributed by atoms with Crippen LogP contribution in [0, 0.1) is 0 Å². The average molecular weight is 104 g/mol. The largest absolute Gasteiger partial charge is 0.316 e. The van der Waals surface area contributed by atoms with E-state index in [4.69, 9.17) is 4.57 Å². The molecule has 0 aromatic carbocycles. The van der Waals surface area contributed by atoms with E-state index in [-0.39, 0.29) is 40.4 Å². The Bertz CT molecular complexity index is 8.00. The summed E-state index contributed by atoms with van der Waals surface area (Å²) in [4.78, 5) is 0. The highest BCUT2D eigenvalue weighted by Crippen LogP contribution is 1.23. The molecule has 0 amide bonds. The van der Waals surface area contributed by atoms with Crippen LogP contribution in [0.1, 0.15) is 0 Å². The van der Waals surface area contributed by atoms with Gasteiger partial charge >= 0.3 is 23.1 Å². The van der Waals surface area contributed by atoms with Gasteiger partial charge in [-0.3, -0.25) is 4.57 Å². The van der Waals surface area contributed by atoms with E-state index < -0.39 is 0 Å². The smallest absolute Gasteiger partial charge is 0.279 e. The van der Waals surface area contributed by atoms with Gasteiger partial charge in [-0.1, -0.05) is 0 Å². The lowest BCUT2D eigenvalue weighted by atomic mass is 16.0. The van der Waals surface area contributed by atoms with E-state index in [1.54, 1.807) is 9.12 Å². The molecule has 0 saturated heterocycles. The molecule has 0 aromatic rings. The number of hydrogen-bond donors (Lipinski definition) is 0. The fourth-order valence-electron chi connectivity index (χ4n) is 0. The first kappa shape index (κ1) is 18.2. The fraction of sp³-hybridized carbons (Fsp3) is 0. The van der Waals surface area contributed by atoms with Gasteiger partial charge in [0.1, 0.15) is 9.12 Å². The van der Waals surface area contributed by atoms with Crippen LogP contribution in [0.5, 0.6) is 0 Å². The van der Waals surface area contributed by atoms with Crippen LogP contribution >= 0.6 is 9.12 Å². The monoisotopic (exact) mass is 104 g/mol. The van der Waals surface area contributed by atoms with E-state index in [1.807, 2.05) is 0 Å². The topological polar surface area (TPSA) is 17.1 Å². The summed E-state index contributed by atoms with van der Waals surface area (Å²) < 4.78 is 8.06. The second kappa shape index (κ2) is 26.0. The van der Waals surface area contributed by atoms with Gasteiger partial charge in [-0.05, 0) is 0 Å². The summed E-state index contributed by atoms with van der Waals surface area (Å²) in [6.07, 6.45) is 0. The Morgan fingerprint density at radius 2 is 1.25 bits per heavy atom. The zero-order valence-electron chi connectivity index (χ0n) is 0.908. The lowest BCUT2D eigenvalue weighted by molar-refractivity contribution is 0.607. The van der Waals surface area contributed by atoms with Gasteiger partial charge in [0.15, 0.2) is 17.4 Å². The first-order chi connectivity index (χ1) is 1.00. The molecule has 4 heteroatoms. The van der Waals surface area contributed by atoms with E-state index in [0.717, 1.165) is 0 Å². The van der Waals surface area contributed by atoms with Gasteiger partial charge in [-0.15, -0.1) is 0 Å². The maximum Gasteiger partial charge on any atom is 0.316 e. The third kappa shape index (κ3) is 10.00. The molecule has 1 nitrogen and oxygen atoms in total. The Hall–Kier alpha value is 1.40. The van der Waals surface area contributed by atoms with E-state index in [2.05, 4.69) is 0 Å². The number of hydrogen-bond acceptors (Lipinski definition) is 1. The molecule has 0 N–H and O–H groups in total. The molecule has 0 saturated carbocycles. The van der Waals surface area contributed by atoms with Gasteiger partial charge in [0, 0.05) is 0 Å². The SMILES string of the molecule is O=P.[AlH3].[MgH2]. The molecule has 0 aromatic heterocycles. The highest BCUT2D eigenvalue weighted by atomic mass is 31.0. The Labute approximate surface area is 54.1 Å². The second-order valence-corrected chi connectivity index (χ2v) is 0. The second-order valence-electron chi connectivity index (χ2n) is 0. The first-order valence-electron chi connectivity index (χ1n) is 0.204. The van der Waals surface area contributed by atoms with Crippen LogP contribution in [-0.4, -0.2) is 40.4 Å². The molecule has 0 radical (unpaired) electrons. The molecule has 0 spiro atoms. The Balaban J connectivity index is -0.00000000500. The van der Waals surface area contributed by atoms with Crippen molar-refractivity contribution in [3.05, 3.63) is 0 Å². The van der Waals surface area contributed by atoms with Crippen molar-refractivity contribution in [2.24, 2.45) is 0 Å². The fourth-order valence-corrected chi connectivity index (χ4v) is 0. The summed E-state index contributed by atoms with van der Waals surface area (Å²) in [6.45, 7) is 0. The molecular weight excluding hydrogens is 98.3 g/mol. The van der Waals surface area contributed by atoms with Crippen molar-refractivity contribution in [1.82, 2.24) is 0 Å². The zero-order chi connectivity index (χ0) is 2.00. The predicted molar refractivity (Wildman–Crippen MR) is 27.5 cm³/mol. The average Bonchev–Trinajstić information content (AvgIpc) is 1.00. The molecule has 0 fully saturated rings. The van der Waals surface area contributed by atoms with Gasteiger partial charge in [-0.2, -0.15) is 0 Å². The van der Waals surface area contributed by atoms with Crippen molar-refractivity contribution in [3.63, 3.8) is 0 Å². The minimum Gasteiger partial charge on any atom is -0.279 e. The van der Waals surface area contributed by atoms with Crippen LogP contribution < -0.4 is 0 Å². The molecule has 0 atom stereocenters. The van der Waals surface area contributed by atoms with Crippen LogP contribution in [0.2, 0.25) is 0 Å². The summed E-state index contributed by atoms with van der Waals surface area (Å²) in [7, 11) is 1.72. The Morgan fingerprint density at radius 1 is 1.25 bits per heavy atom. The molecule has 22 valence electrons. The molecule has 0 bridgehead atoms. The van der Waals surface area contributed by atoms with Gasteiger partial charge in [0.05, 0.1) is 0 Å². The maximum atomic E-state index is 8.06. The molecule has 0 aliphatic rings. The molecule has 0 aliphatic carbocycles. The van der Waals surface area contributed by atoms with E-state index >= 15 is 0 Å². The minimum absolute atomic E-state index is 0. The van der Waals surface area contributed by atoms with Crippen molar-refractivity contribution in [2.45, 2.75) is 0 Å². The van der Waals surface area contributed by atoms with Gasteiger partial charge in [-0.25, -0.2) is 0 Å². The summed E-state index contributed by atoms with van der Waals surface area (Å²) >= 11 is 0. The molecule has 0 aliphatic heterocycles. The maximum absolute atomic E-state index is 8.06. The summed E-state index contributed by atoms with van der Waals surface area (Å²) in [6, 6.07) is 0. The highest BCUT2D eigenvalue weighted by molar-refractivity contribution is 7.00. The summed E-state index contributed by atoms with van der Waals surface area (Å²) in [5, 5.41) is 0. The third-order valence-corrected chi connectivity index (χ3v) is 0.